The Morgan fingerprint density at radius 1 is 1.36 bits per heavy atom. The second-order valence-corrected chi connectivity index (χ2v) is 4.88. The number of aromatic nitrogens is 2. The van der Waals surface area contributed by atoms with E-state index < -0.39 is 17.6 Å². The SMILES string of the molecule is Cc1nn(C)cc1C(=O)Nc1cc(CN)cc(C(F)(F)F)c1. The number of nitrogens with one attached hydrogen (secondary N) is 1. The number of nitrogens with zero attached hydrogens (tertiary/aromatic N) is 2. The van der Waals surface area contributed by atoms with E-state index in [1.807, 2.05) is 0 Å². The first kappa shape index (κ1) is 16.0. The van der Waals surface area contributed by atoms with E-state index in [0.717, 1.165) is 12.1 Å². The number of alkyl halides is 3. The Hall–Kier alpha value is -2.35. The molecule has 0 unspecified atom stereocenters. The molecule has 0 bridgehead atoms. The zero-order chi connectivity index (χ0) is 16.5. The monoisotopic (exact) mass is 312 g/mol. The van der Waals surface area contributed by atoms with Crippen molar-refractivity contribution in [1.82, 2.24) is 9.78 Å². The summed E-state index contributed by atoms with van der Waals surface area (Å²) < 4.78 is 40.0. The lowest BCUT2D eigenvalue weighted by Crippen LogP contribution is -2.14. The minimum Gasteiger partial charge on any atom is -0.326 e. The van der Waals surface area contributed by atoms with Crippen LogP contribution in [0.15, 0.2) is 24.4 Å². The van der Waals surface area contributed by atoms with Crippen LogP contribution < -0.4 is 11.1 Å². The molecule has 3 N–H and O–H groups in total. The quantitative estimate of drug-likeness (QED) is 0.914. The molecular weight excluding hydrogens is 297 g/mol. The highest BCUT2D eigenvalue weighted by Gasteiger charge is 2.31. The molecule has 22 heavy (non-hydrogen) atoms. The van der Waals surface area contributed by atoms with Crippen molar-refractivity contribution in [2.75, 3.05) is 5.32 Å². The van der Waals surface area contributed by atoms with Gasteiger partial charge in [0.2, 0.25) is 0 Å². The Balaban J connectivity index is 2.33. The summed E-state index contributed by atoms with van der Waals surface area (Å²) in [6, 6.07) is 3.26. The van der Waals surface area contributed by atoms with Crippen LogP contribution in [0.25, 0.3) is 0 Å². The maximum absolute atomic E-state index is 12.8. The van der Waals surface area contributed by atoms with E-state index >= 15 is 0 Å². The second kappa shape index (κ2) is 5.80. The highest BCUT2D eigenvalue weighted by molar-refractivity contribution is 6.04. The van der Waals surface area contributed by atoms with E-state index in [1.54, 1.807) is 14.0 Å². The number of halogens is 3. The van der Waals surface area contributed by atoms with Crippen molar-refractivity contribution in [3.63, 3.8) is 0 Å². The minimum absolute atomic E-state index is 0.0449. The van der Waals surface area contributed by atoms with Crippen LogP contribution in [0.5, 0.6) is 0 Å². The van der Waals surface area contributed by atoms with Crippen LogP contribution in [-0.2, 0) is 19.8 Å². The normalized spacial score (nSPS) is 11.5. The van der Waals surface area contributed by atoms with Crippen LogP contribution in [0.3, 0.4) is 0 Å². The lowest BCUT2D eigenvalue weighted by atomic mass is 10.1. The molecule has 118 valence electrons. The third-order valence-electron chi connectivity index (χ3n) is 3.07. The van der Waals surface area contributed by atoms with Crippen molar-refractivity contribution in [3.05, 3.63) is 46.8 Å². The largest absolute Gasteiger partial charge is 0.416 e. The third-order valence-corrected chi connectivity index (χ3v) is 3.07. The molecule has 1 aromatic carbocycles. The molecule has 1 aromatic heterocycles. The second-order valence-electron chi connectivity index (χ2n) is 4.88. The Kier molecular flexibility index (Phi) is 4.23. The molecule has 0 saturated carbocycles. The number of aryl methyl sites for hydroxylation is 2. The number of carbonyl (C=O) groups excluding carboxylic acids is 1. The van der Waals surface area contributed by atoms with Gasteiger partial charge in [-0.25, -0.2) is 0 Å². The Morgan fingerprint density at radius 2 is 2.05 bits per heavy atom. The van der Waals surface area contributed by atoms with Gasteiger partial charge in [-0.2, -0.15) is 18.3 Å². The number of hydrogen-bond donors (Lipinski definition) is 2. The van der Waals surface area contributed by atoms with Gasteiger partial charge < -0.3 is 11.1 Å². The summed E-state index contributed by atoms with van der Waals surface area (Å²) in [6.07, 6.45) is -3.00. The number of hydrogen-bond acceptors (Lipinski definition) is 3. The van der Waals surface area contributed by atoms with Gasteiger partial charge in [0.25, 0.3) is 5.91 Å². The first-order chi connectivity index (χ1) is 10.2. The van der Waals surface area contributed by atoms with Gasteiger partial charge in [-0.15, -0.1) is 0 Å². The fraction of sp³-hybridized carbons (Fsp3) is 0.286. The van der Waals surface area contributed by atoms with Crippen LogP contribution in [0.1, 0.15) is 27.2 Å². The van der Waals surface area contributed by atoms with Crippen LogP contribution in [0.2, 0.25) is 0 Å². The maximum atomic E-state index is 12.8. The molecule has 0 fully saturated rings. The van der Waals surface area contributed by atoms with E-state index in [9.17, 15) is 18.0 Å². The van der Waals surface area contributed by atoms with Crippen LogP contribution in [0, 0.1) is 6.92 Å². The number of anilines is 1. The predicted molar refractivity (Wildman–Crippen MR) is 75.2 cm³/mol. The first-order valence-electron chi connectivity index (χ1n) is 6.43. The topological polar surface area (TPSA) is 72.9 Å². The summed E-state index contributed by atoms with van der Waals surface area (Å²) in [5, 5.41) is 6.47. The van der Waals surface area contributed by atoms with Gasteiger partial charge in [0.1, 0.15) is 0 Å². The van der Waals surface area contributed by atoms with Crippen molar-refractivity contribution in [3.8, 4) is 0 Å². The lowest BCUT2D eigenvalue weighted by Gasteiger charge is -2.12. The molecule has 0 atom stereocenters. The molecule has 0 aliphatic carbocycles. The molecule has 2 aromatic rings. The van der Waals surface area contributed by atoms with Gasteiger partial charge in [0.15, 0.2) is 0 Å². The van der Waals surface area contributed by atoms with E-state index in [2.05, 4.69) is 10.4 Å². The number of amides is 1. The van der Waals surface area contributed by atoms with Crippen molar-refractivity contribution in [1.29, 1.82) is 0 Å². The molecule has 0 radical (unpaired) electrons. The standard InChI is InChI=1S/C14H15F3N4O/c1-8-12(7-21(2)20-8)13(22)19-11-4-9(6-18)3-10(5-11)14(15,16)17/h3-5,7H,6,18H2,1-2H3,(H,19,22). The van der Waals surface area contributed by atoms with Gasteiger partial charge in [-0.1, -0.05) is 0 Å². The summed E-state index contributed by atoms with van der Waals surface area (Å²) in [6.45, 7) is 1.59. The summed E-state index contributed by atoms with van der Waals surface area (Å²) in [5.74, 6) is -0.520. The van der Waals surface area contributed by atoms with Crippen molar-refractivity contribution in [2.24, 2.45) is 12.8 Å². The van der Waals surface area contributed by atoms with E-state index in [-0.39, 0.29) is 17.8 Å². The average Bonchev–Trinajstić information content (AvgIpc) is 2.76. The zero-order valence-electron chi connectivity index (χ0n) is 12.0. The van der Waals surface area contributed by atoms with Gasteiger partial charge in [-0.05, 0) is 30.7 Å². The van der Waals surface area contributed by atoms with Gasteiger partial charge in [-0.3, -0.25) is 9.48 Å². The van der Waals surface area contributed by atoms with Crippen LogP contribution >= 0.6 is 0 Å². The van der Waals surface area contributed by atoms with Crippen LogP contribution in [0.4, 0.5) is 18.9 Å². The summed E-state index contributed by atoms with van der Waals surface area (Å²) >= 11 is 0. The molecule has 1 heterocycles. The number of benzene rings is 1. The van der Waals surface area contributed by atoms with Crippen molar-refractivity contribution < 1.29 is 18.0 Å². The van der Waals surface area contributed by atoms with Crippen LogP contribution in [-0.4, -0.2) is 15.7 Å². The Bertz CT molecular complexity index is 707. The fourth-order valence-corrected chi connectivity index (χ4v) is 2.07. The molecule has 0 spiro atoms. The number of nitrogens with two attached hydrogens (primary N) is 1. The molecular formula is C14H15F3N4O. The minimum atomic E-state index is -4.51. The molecule has 1 amide bonds. The fourth-order valence-electron chi connectivity index (χ4n) is 2.07. The van der Waals surface area contributed by atoms with Gasteiger partial charge >= 0.3 is 6.18 Å². The smallest absolute Gasteiger partial charge is 0.326 e. The highest BCUT2D eigenvalue weighted by atomic mass is 19.4. The van der Waals surface area contributed by atoms with Gasteiger partial charge in [0.05, 0.1) is 16.8 Å². The molecule has 0 saturated heterocycles. The Labute approximate surface area is 124 Å². The summed E-state index contributed by atoms with van der Waals surface area (Å²) in [4.78, 5) is 12.1. The van der Waals surface area contributed by atoms with E-state index in [0.29, 0.717) is 11.3 Å². The maximum Gasteiger partial charge on any atom is 0.416 e. The number of carbonyl (C=O) groups is 1. The number of rotatable bonds is 3. The average molecular weight is 312 g/mol. The predicted octanol–water partition coefficient (Wildman–Crippen LogP) is 2.46. The summed E-state index contributed by atoms with van der Waals surface area (Å²) in [5.41, 5.74) is 5.68. The Morgan fingerprint density at radius 3 is 2.55 bits per heavy atom. The van der Waals surface area contributed by atoms with E-state index in [1.165, 1.54) is 16.9 Å². The van der Waals surface area contributed by atoms with E-state index in [4.69, 9.17) is 5.73 Å². The molecule has 5 nitrogen and oxygen atoms in total. The molecule has 0 aliphatic rings. The first-order valence-corrected chi connectivity index (χ1v) is 6.43. The lowest BCUT2D eigenvalue weighted by molar-refractivity contribution is -0.137. The van der Waals surface area contributed by atoms with Crippen molar-refractivity contribution in [2.45, 2.75) is 19.6 Å². The highest BCUT2D eigenvalue weighted by Crippen LogP contribution is 2.32. The third kappa shape index (κ3) is 3.45. The molecule has 0 aliphatic heterocycles. The zero-order valence-corrected chi connectivity index (χ0v) is 12.0. The van der Waals surface area contributed by atoms with Crippen molar-refractivity contribution >= 4 is 11.6 Å². The summed E-state index contributed by atoms with van der Waals surface area (Å²) in [7, 11) is 1.65. The van der Waals surface area contributed by atoms with Gasteiger partial charge in [0, 0.05) is 25.5 Å². The molecule has 2 rings (SSSR count). The molecule has 8 heteroatoms.